The number of nitrogens with zero attached hydrogens (tertiary/aromatic N) is 3. The molecule has 0 aliphatic carbocycles. The molecule has 1 amide bonds. The Morgan fingerprint density at radius 1 is 1.26 bits per heavy atom. The summed E-state index contributed by atoms with van der Waals surface area (Å²) >= 11 is 7.59. The van der Waals surface area contributed by atoms with Crippen LogP contribution in [0.3, 0.4) is 0 Å². The number of thiophene rings is 1. The third kappa shape index (κ3) is 5.24. The fourth-order valence-electron chi connectivity index (χ4n) is 3.84. The second-order valence-corrected chi connectivity index (χ2v) is 9.02. The number of carboxylic acid groups (broad SMARTS) is 1. The van der Waals surface area contributed by atoms with Crippen LogP contribution in [-0.2, 0) is 4.79 Å². The average molecular weight is 514 g/mol. The van der Waals surface area contributed by atoms with Gasteiger partial charge in [0, 0.05) is 30.6 Å². The monoisotopic (exact) mass is 513 g/mol. The summed E-state index contributed by atoms with van der Waals surface area (Å²) in [6.45, 7) is 1.92. The third-order valence-corrected chi connectivity index (χ3v) is 6.73. The summed E-state index contributed by atoms with van der Waals surface area (Å²) in [6.07, 6.45) is -0.878. The van der Waals surface area contributed by atoms with Gasteiger partial charge < -0.3 is 20.6 Å². The number of halogens is 4. The summed E-state index contributed by atoms with van der Waals surface area (Å²) in [5.74, 6) is -2.13. The van der Waals surface area contributed by atoms with Crippen LogP contribution in [0.2, 0.25) is 5.02 Å². The van der Waals surface area contributed by atoms with Gasteiger partial charge in [-0.3, -0.25) is 4.79 Å². The topological polar surface area (TPSA) is 107 Å². The molecule has 3 fully saturated rings. The van der Waals surface area contributed by atoms with Gasteiger partial charge >= 0.3 is 12.1 Å². The van der Waals surface area contributed by atoms with Crippen LogP contribution in [0.15, 0.2) is 35.8 Å². The van der Waals surface area contributed by atoms with Crippen LogP contribution in [0.5, 0.6) is 0 Å². The molecule has 0 unspecified atom stereocenters. The van der Waals surface area contributed by atoms with Crippen LogP contribution in [0.1, 0.15) is 23.2 Å². The molecule has 3 aliphatic heterocycles. The SMILES string of the molecule is O=C(Nc1ccccc1Cl)c1csc2ncc(N3C[C@@H]4CC[C@H]3CN4)nc12.O=C(O)C(F)(F)F. The van der Waals surface area contributed by atoms with E-state index in [0.29, 0.717) is 33.9 Å². The lowest BCUT2D eigenvalue weighted by Crippen LogP contribution is -2.61. The van der Waals surface area contributed by atoms with Gasteiger partial charge in [0.15, 0.2) is 0 Å². The maximum atomic E-state index is 12.8. The van der Waals surface area contributed by atoms with Crippen molar-refractivity contribution in [2.75, 3.05) is 23.3 Å². The molecule has 1 aromatic carbocycles. The van der Waals surface area contributed by atoms with E-state index in [1.54, 1.807) is 12.1 Å². The van der Waals surface area contributed by atoms with Crippen molar-refractivity contribution >= 4 is 56.7 Å². The number of alkyl halides is 3. The van der Waals surface area contributed by atoms with E-state index in [0.717, 1.165) is 23.7 Å². The predicted octanol–water partition coefficient (Wildman–Crippen LogP) is 4.17. The molecule has 2 atom stereocenters. The first-order valence-corrected chi connectivity index (χ1v) is 11.5. The number of piperidine rings is 2. The molecule has 0 radical (unpaired) electrons. The number of piperazine rings is 1. The Morgan fingerprint density at radius 3 is 2.59 bits per heavy atom. The van der Waals surface area contributed by atoms with Gasteiger partial charge in [0.05, 0.1) is 22.5 Å². The zero-order valence-corrected chi connectivity index (χ0v) is 19.0. The fourth-order valence-corrected chi connectivity index (χ4v) is 4.85. The number of carboxylic acids is 1. The summed E-state index contributed by atoms with van der Waals surface area (Å²) < 4.78 is 31.7. The molecule has 5 heterocycles. The van der Waals surface area contributed by atoms with E-state index in [1.807, 2.05) is 23.7 Å². The number of fused-ring (bicyclic) bond motifs is 4. The number of para-hydroxylation sites is 1. The molecule has 34 heavy (non-hydrogen) atoms. The first-order valence-electron chi connectivity index (χ1n) is 10.2. The third-order valence-electron chi connectivity index (χ3n) is 5.52. The van der Waals surface area contributed by atoms with E-state index < -0.39 is 12.1 Å². The highest BCUT2D eigenvalue weighted by molar-refractivity contribution is 7.17. The van der Waals surface area contributed by atoms with E-state index >= 15 is 0 Å². The van der Waals surface area contributed by atoms with Crippen LogP contribution in [-0.4, -0.2) is 58.3 Å². The predicted molar refractivity (Wildman–Crippen MR) is 123 cm³/mol. The van der Waals surface area contributed by atoms with Crippen molar-refractivity contribution in [3.05, 3.63) is 46.4 Å². The van der Waals surface area contributed by atoms with Crippen molar-refractivity contribution in [1.29, 1.82) is 0 Å². The number of aliphatic carboxylic acids is 1. The summed E-state index contributed by atoms with van der Waals surface area (Å²) in [5, 5.41) is 15.9. The second kappa shape index (κ2) is 9.72. The van der Waals surface area contributed by atoms with Gasteiger partial charge in [-0.15, -0.1) is 11.3 Å². The average Bonchev–Trinajstić information content (AvgIpc) is 3.24. The first kappa shape index (κ1) is 24.2. The van der Waals surface area contributed by atoms with Crippen molar-refractivity contribution in [2.24, 2.45) is 0 Å². The summed E-state index contributed by atoms with van der Waals surface area (Å²) in [4.78, 5) is 34.2. The second-order valence-electron chi connectivity index (χ2n) is 7.76. The van der Waals surface area contributed by atoms with E-state index in [2.05, 4.69) is 20.5 Å². The number of hydrogen-bond donors (Lipinski definition) is 3. The quantitative estimate of drug-likeness (QED) is 0.482. The minimum absolute atomic E-state index is 0.220. The molecule has 3 aliphatic rings. The standard InChI is InChI=1S/C19H18ClN5OS.C2HF3O2/c20-14-3-1-2-4-15(14)23-18(26)13-10-27-19-17(13)24-16(8-22-19)25-9-11-5-6-12(25)7-21-11;3-2(4,5)1(6)7/h1-4,8,10-12,21H,5-7,9H2,(H,23,26);(H,6,7)/t11-,12-;/m0./s1. The molecule has 2 bridgehead atoms. The number of anilines is 2. The Bertz CT molecular complexity index is 1210. The zero-order valence-electron chi connectivity index (χ0n) is 17.5. The molecule has 3 saturated heterocycles. The normalized spacial score (nSPS) is 19.5. The Balaban J connectivity index is 0.000000344. The molecule has 0 saturated carbocycles. The summed E-state index contributed by atoms with van der Waals surface area (Å²) in [5.41, 5.74) is 1.77. The highest BCUT2D eigenvalue weighted by Gasteiger charge is 2.38. The summed E-state index contributed by atoms with van der Waals surface area (Å²) in [6, 6.07) is 8.16. The van der Waals surface area contributed by atoms with Gasteiger partial charge in [-0.2, -0.15) is 13.2 Å². The maximum absolute atomic E-state index is 12.8. The maximum Gasteiger partial charge on any atom is 0.490 e. The highest BCUT2D eigenvalue weighted by atomic mass is 35.5. The molecule has 3 aromatic rings. The molecular formula is C21H19ClF3N5O3S. The molecule has 8 nitrogen and oxygen atoms in total. The Kier molecular flexibility index (Phi) is 6.91. The molecular weight excluding hydrogens is 495 g/mol. The van der Waals surface area contributed by atoms with Crippen LogP contribution in [0.25, 0.3) is 10.3 Å². The lowest BCUT2D eigenvalue weighted by atomic mass is 9.93. The molecule has 2 aromatic heterocycles. The number of carbonyl (C=O) groups excluding carboxylic acids is 1. The zero-order chi connectivity index (χ0) is 24.5. The summed E-state index contributed by atoms with van der Waals surface area (Å²) in [7, 11) is 0. The number of nitrogens with one attached hydrogen (secondary N) is 2. The highest BCUT2D eigenvalue weighted by Crippen LogP contribution is 2.30. The van der Waals surface area contributed by atoms with Crippen LogP contribution in [0.4, 0.5) is 24.7 Å². The number of aromatic nitrogens is 2. The van der Waals surface area contributed by atoms with Crippen molar-refractivity contribution in [3.8, 4) is 0 Å². The molecule has 0 spiro atoms. The number of carbonyl (C=O) groups is 2. The number of rotatable bonds is 3. The lowest BCUT2D eigenvalue weighted by molar-refractivity contribution is -0.192. The first-order chi connectivity index (χ1) is 16.1. The molecule has 6 rings (SSSR count). The molecule has 180 valence electrons. The largest absolute Gasteiger partial charge is 0.490 e. The van der Waals surface area contributed by atoms with Crippen LogP contribution >= 0.6 is 22.9 Å². The van der Waals surface area contributed by atoms with Crippen molar-refractivity contribution < 1.29 is 27.9 Å². The fraction of sp³-hybridized carbons (Fsp3) is 0.333. The van der Waals surface area contributed by atoms with Crippen LogP contribution < -0.4 is 15.5 Å². The van der Waals surface area contributed by atoms with E-state index in [-0.39, 0.29) is 5.91 Å². The molecule has 3 N–H and O–H groups in total. The minimum Gasteiger partial charge on any atom is -0.475 e. The number of hydrogen-bond acceptors (Lipinski definition) is 7. The van der Waals surface area contributed by atoms with Gasteiger partial charge in [0.1, 0.15) is 16.2 Å². The van der Waals surface area contributed by atoms with E-state index in [1.165, 1.54) is 24.2 Å². The lowest BCUT2D eigenvalue weighted by Gasteiger charge is -2.46. The van der Waals surface area contributed by atoms with Gasteiger partial charge in [-0.05, 0) is 25.0 Å². The van der Waals surface area contributed by atoms with E-state index in [4.69, 9.17) is 26.5 Å². The van der Waals surface area contributed by atoms with Gasteiger partial charge in [-0.1, -0.05) is 23.7 Å². The smallest absolute Gasteiger partial charge is 0.475 e. The van der Waals surface area contributed by atoms with E-state index in [9.17, 15) is 18.0 Å². The van der Waals surface area contributed by atoms with Gasteiger partial charge in [0.25, 0.3) is 5.91 Å². The van der Waals surface area contributed by atoms with Crippen LogP contribution in [0, 0.1) is 0 Å². The Morgan fingerprint density at radius 2 is 2.00 bits per heavy atom. The van der Waals surface area contributed by atoms with Gasteiger partial charge in [0.2, 0.25) is 0 Å². The Hall–Kier alpha value is -2.96. The molecule has 13 heteroatoms. The van der Waals surface area contributed by atoms with Crippen molar-refractivity contribution in [3.63, 3.8) is 0 Å². The number of amides is 1. The number of benzene rings is 1. The van der Waals surface area contributed by atoms with Gasteiger partial charge in [-0.25, -0.2) is 14.8 Å². The van der Waals surface area contributed by atoms with Crippen molar-refractivity contribution in [2.45, 2.75) is 31.1 Å². The Labute approximate surface area is 200 Å². The van der Waals surface area contributed by atoms with Crippen molar-refractivity contribution in [1.82, 2.24) is 15.3 Å². The minimum atomic E-state index is -5.08.